The molecule has 0 radical (unpaired) electrons. The van der Waals surface area contributed by atoms with Crippen molar-refractivity contribution in [3.63, 3.8) is 0 Å². The van der Waals surface area contributed by atoms with Crippen molar-refractivity contribution in [1.82, 2.24) is 19.2 Å². The van der Waals surface area contributed by atoms with E-state index in [1.807, 2.05) is 24.2 Å². The molecule has 2 aromatic heterocycles. The Kier molecular flexibility index (Phi) is 3.71. The number of carbonyl (C=O) groups is 1. The molecule has 7 nitrogen and oxygen atoms in total. The van der Waals surface area contributed by atoms with Crippen LogP contribution < -0.4 is 5.76 Å². The monoisotopic (exact) mass is 340 g/mol. The summed E-state index contributed by atoms with van der Waals surface area (Å²) in [5.74, 6) is -0.570. The Morgan fingerprint density at radius 2 is 2.16 bits per heavy atom. The van der Waals surface area contributed by atoms with Crippen molar-refractivity contribution in [2.24, 2.45) is 7.05 Å². The van der Waals surface area contributed by atoms with Crippen LogP contribution in [-0.4, -0.2) is 31.7 Å². The third-order valence-electron chi connectivity index (χ3n) is 4.91. The highest BCUT2D eigenvalue weighted by atomic mass is 16.4. The fraction of sp³-hybridized carbons (Fsp3) is 0.389. The van der Waals surface area contributed by atoms with Gasteiger partial charge >= 0.3 is 5.76 Å². The summed E-state index contributed by atoms with van der Waals surface area (Å²) in [6.07, 6.45) is 5.60. The van der Waals surface area contributed by atoms with Gasteiger partial charge in [0.2, 0.25) is 5.91 Å². The van der Waals surface area contributed by atoms with Gasteiger partial charge in [-0.15, -0.1) is 0 Å². The highest BCUT2D eigenvalue weighted by molar-refractivity contribution is 5.83. The van der Waals surface area contributed by atoms with E-state index in [-0.39, 0.29) is 11.9 Å². The second-order valence-electron chi connectivity index (χ2n) is 6.52. The lowest BCUT2D eigenvalue weighted by Gasteiger charge is -2.27. The van der Waals surface area contributed by atoms with Crippen LogP contribution in [0.4, 0.5) is 0 Å². The third kappa shape index (κ3) is 2.56. The highest BCUT2D eigenvalue weighted by Crippen LogP contribution is 2.33. The minimum absolute atomic E-state index is 0.0116. The fourth-order valence-corrected chi connectivity index (χ4v) is 3.69. The number of carbonyl (C=O) groups excluding carboxylic acids is 1. The molecule has 1 saturated heterocycles. The maximum atomic E-state index is 13.1. The first-order valence-electron chi connectivity index (χ1n) is 8.45. The number of benzene rings is 1. The summed E-state index contributed by atoms with van der Waals surface area (Å²) in [4.78, 5) is 27.3. The minimum Gasteiger partial charge on any atom is -0.408 e. The Bertz CT molecular complexity index is 984. The summed E-state index contributed by atoms with van der Waals surface area (Å²) in [6.45, 7) is 2.44. The number of aromatic nitrogens is 3. The topological polar surface area (TPSA) is 73.3 Å². The van der Waals surface area contributed by atoms with Crippen LogP contribution in [0.2, 0.25) is 0 Å². The number of aryl methyl sites for hydroxylation is 1. The van der Waals surface area contributed by atoms with Crippen molar-refractivity contribution in [1.29, 1.82) is 0 Å². The van der Waals surface area contributed by atoms with Crippen LogP contribution in [0.3, 0.4) is 0 Å². The van der Waals surface area contributed by atoms with Crippen LogP contribution in [0.15, 0.2) is 45.9 Å². The summed E-state index contributed by atoms with van der Waals surface area (Å²) in [6, 6.07) is 6.57. The van der Waals surface area contributed by atoms with Crippen molar-refractivity contribution in [3.8, 4) is 0 Å². The lowest BCUT2D eigenvalue weighted by atomic mass is 10.1. The van der Waals surface area contributed by atoms with Crippen molar-refractivity contribution >= 4 is 17.0 Å². The molecule has 130 valence electrons. The lowest BCUT2D eigenvalue weighted by molar-refractivity contribution is -0.135. The van der Waals surface area contributed by atoms with E-state index in [1.165, 1.54) is 4.57 Å². The van der Waals surface area contributed by atoms with Crippen LogP contribution >= 0.6 is 0 Å². The van der Waals surface area contributed by atoms with Crippen LogP contribution in [-0.2, 0) is 11.8 Å². The zero-order valence-electron chi connectivity index (χ0n) is 14.3. The summed E-state index contributed by atoms with van der Waals surface area (Å²) in [7, 11) is 1.87. The molecule has 25 heavy (non-hydrogen) atoms. The van der Waals surface area contributed by atoms with Gasteiger partial charge in [-0.2, -0.15) is 5.10 Å². The predicted molar refractivity (Wildman–Crippen MR) is 92.1 cm³/mol. The van der Waals surface area contributed by atoms with Gasteiger partial charge in [-0.3, -0.25) is 14.0 Å². The minimum atomic E-state index is -0.617. The second-order valence-corrected chi connectivity index (χ2v) is 6.52. The number of hydrogen-bond acceptors (Lipinski definition) is 4. The van der Waals surface area contributed by atoms with Crippen LogP contribution in [0, 0.1) is 0 Å². The number of hydrogen-bond donors (Lipinski definition) is 0. The zero-order chi connectivity index (χ0) is 17.6. The maximum Gasteiger partial charge on any atom is 0.420 e. The van der Waals surface area contributed by atoms with Gasteiger partial charge in [0.15, 0.2) is 5.58 Å². The molecule has 0 spiro atoms. The fourth-order valence-electron chi connectivity index (χ4n) is 3.69. The van der Waals surface area contributed by atoms with E-state index in [0.29, 0.717) is 17.6 Å². The molecule has 0 bridgehead atoms. The smallest absolute Gasteiger partial charge is 0.408 e. The SMILES string of the molecule is C[C@H](C(=O)N1CCC[C@H]1c1cnn(C)c1)n1c(=O)oc2ccccc21. The molecule has 0 unspecified atom stereocenters. The second kappa shape index (κ2) is 5.91. The molecular formula is C18H20N4O3. The number of likely N-dealkylation sites (tertiary alicyclic amines) is 1. The first-order valence-corrected chi connectivity index (χ1v) is 8.45. The third-order valence-corrected chi connectivity index (χ3v) is 4.91. The maximum absolute atomic E-state index is 13.1. The molecular weight excluding hydrogens is 320 g/mol. The van der Waals surface area contributed by atoms with Gasteiger partial charge in [0, 0.05) is 25.4 Å². The molecule has 1 aromatic carbocycles. The average Bonchev–Trinajstić information content (AvgIpc) is 3.30. The summed E-state index contributed by atoms with van der Waals surface area (Å²) in [5.41, 5.74) is 2.17. The predicted octanol–water partition coefficient (Wildman–Crippen LogP) is 2.25. The molecule has 3 heterocycles. The molecule has 2 atom stereocenters. The molecule has 7 heteroatoms. The number of nitrogens with zero attached hydrogens (tertiary/aromatic N) is 4. The summed E-state index contributed by atoms with van der Waals surface area (Å²) < 4.78 is 8.46. The van der Waals surface area contributed by atoms with Crippen molar-refractivity contribution in [2.45, 2.75) is 31.8 Å². The quantitative estimate of drug-likeness (QED) is 0.733. The van der Waals surface area contributed by atoms with Crippen molar-refractivity contribution in [2.75, 3.05) is 6.54 Å². The molecule has 3 aromatic rings. The van der Waals surface area contributed by atoms with Gasteiger partial charge in [0.1, 0.15) is 6.04 Å². The molecule has 1 aliphatic heterocycles. The van der Waals surface area contributed by atoms with E-state index < -0.39 is 11.8 Å². The summed E-state index contributed by atoms with van der Waals surface area (Å²) in [5, 5.41) is 4.21. The van der Waals surface area contributed by atoms with Crippen LogP contribution in [0.25, 0.3) is 11.1 Å². The number of oxazole rings is 1. The van der Waals surface area contributed by atoms with Gasteiger partial charge in [-0.25, -0.2) is 4.79 Å². The Labute approximate surface area is 144 Å². The Morgan fingerprint density at radius 3 is 2.92 bits per heavy atom. The molecule has 0 saturated carbocycles. The van der Waals surface area contributed by atoms with E-state index in [4.69, 9.17) is 4.42 Å². The number of para-hydroxylation sites is 2. The van der Waals surface area contributed by atoms with Gasteiger partial charge in [-0.1, -0.05) is 12.1 Å². The Hall–Kier alpha value is -2.83. The highest BCUT2D eigenvalue weighted by Gasteiger charge is 2.34. The Balaban J connectivity index is 1.67. The van der Waals surface area contributed by atoms with E-state index in [0.717, 1.165) is 18.4 Å². The number of amides is 1. The van der Waals surface area contributed by atoms with E-state index in [9.17, 15) is 9.59 Å². The van der Waals surface area contributed by atoms with E-state index in [1.54, 1.807) is 36.0 Å². The van der Waals surface area contributed by atoms with Crippen LogP contribution in [0.5, 0.6) is 0 Å². The van der Waals surface area contributed by atoms with E-state index >= 15 is 0 Å². The zero-order valence-corrected chi connectivity index (χ0v) is 14.3. The molecule has 1 aliphatic rings. The summed E-state index contributed by atoms with van der Waals surface area (Å²) >= 11 is 0. The van der Waals surface area contributed by atoms with Gasteiger partial charge < -0.3 is 9.32 Å². The van der Waals surface area contributed by atoms with Crippen molar-refractivity contribution in [3.05, 3.63) is 52.8 Å². The normalized spacial score (nSPS) is 18.8. The molecule has 0 N–H and O–H groups in total. The van der Waals surface area contributed by atoms with Crippen molar-refractivity contribution < 1.29 is 9.21 Å². The Morgan fingerprint density at radius 1 is 1.36 bits per heavy atom. The molecule has 1 fully saturated rings. The number of fused-ring (bicyclic) bond motifs is 1. The van der Waals surface area contributed by atoms with Gasteiger partial charge in [-0.05, 0) is 31.9 Å². The van der Waals surface area contributed by atoms with E-state index in [2.05, 4.69) is 5.10 Å². The molecule has 4 rings (SSSR count). The molecule has 1 amide bonds. The lowest BCUT2D eigenvalue weighted by Crippen LogP contribution is -2.38. The van der Waals surface area contributed by atoms with Gasteiger partial charge in [0.05, 0.1) is 17.8 Å². The van der Waals surface area contributed by atoms with Gasteiger partial charge in [0.25, 0.3) is 0 Å². The average molecular weight is 340 g/mol. The number of rotatable bonds is 3. The first-order chi connectivity index (χ1) is 12.1. The molecule has 0 aliphatic carbocycles. The largest absolute Gasteiger partial charge is 0.420 e. The first kappa shape index (κ1) is 15.7. The standard InChI is InChI=1S/C18H20N4O3/c1-12(22-15-6-3-4-8-16(15)25-18(22)24)17(23)21-9-5-7-14(21)13-10-19-20(2)11-13/h3-4,6,8,10-12,14H,5,7,9H2,1-2H3/t12-,14+/m1/s1. The van der Waals surface area contributed by atoms with Crippen LogP contribution in [0.1, 0.15) is 37.4 Å².